The summed E-state index contributed by atoms with van der Waals surface area (Å²) in [5.74, 6) is 1.16. The number of nitrogens with zero attached hydrogens (tertiary/aromatic N) is 1. The van der Waals surface area contributed by atoms with Crippen LogP contribution in [0.25, 0.3) is 0 Å². The zero-order chi connectivity index (χ0) is 21.2. The summed E-state index contributed by atoms with van der Waals surface area (Å²) in [4.78, 5) is 10.8. The average molecular weight is 514 g/mol. The smallest absolute Gasteiger partial charge is 0.341 e. The van der Waals surface area contributed by atoms with E-state index in [-0.39, 0.29) is 0 Å². The first-order chi connectivity index (χ1) is 14.0. The first-order valence-corrected chi connectivity index (χ1v) is 9.84. The number of carbonyl (C=O) groups is 1. The number of hydrogen-bond donors (Lipinski definition) is 2. The Morgan fingerprint density at radius 2 is 1.90 bits per heavy atom. The summed E-state index contributed by atoms with van der Waals surface area (Å²) in [5, 5.41) is 13.1. The van der Waals surface area contributed by atoms with Crippen molar-refractivity contribution >= 4 is 34.8 Å². The molecule has 0 saturated heterocycles. The molecule has 0 radical (unpaired) electrons. The molecular weight excluding hydrogens is 491 g/mol. The molecule has 8 nitrogen and oxygen atoms in total. The van der Waals surface area contributed by atoms with Crippen LogP contribution in [0.2, 0.25) is 0 Å². The molecule has 2 aromatic carbocycles. The lowest BCUT2D eigenvalue weighted by Gasteiger charge is -2.13. The van der Waals surface area contributed by atoms with Crippen molar-refractivity contribution in [3.8, 4) is 23.0 Å². The normalized spacial score (nSPS) is 10.6. The Morgan fingerprint density at radius 1 is 1.14 bits per heavy atom. The van der Waals surface area contributed by atoms with Crippen LogP contribution in [0.15, 0.2) is 35.4 Å². The van der Waals surface area contributed by atoms with E-state index in [1.54, 1.807) is 26.5 Å². The van der Waals surface area contributed by atoms with Crippen molar-refractivity contribution in [1.82, 2.24) is 5.43 Å². The highest BCUT2D eigenvalue weighted by atomic mass is 127. The zero-order valence-electron chi connectivity index (χ0n) is 16.4. The van der Waals surface area contributed by atoms with Crippen LogP contribution in [0, 0.1) is 3.57 Å². The van der Waals surface area contributed by atoms with Gasteiger partial charge >= 0.3 is 5.97 Å². The van der Waals surface area contributed by atoms with Crippen molar-refractivity contribution in [2.24, 2.45) is 5.10 Å². The van der Waals surface area contributed by atoms with E-state index in [0.29, 0.717) is 36.1 Å². The molecule has 9 heteroatoms. The van der Waals surface area contributed by atoms with Crippen molar-refractivity contribution in [3.05, 3.63) is 45.0 Å². The number of aliphatic carboxylic acids is 1. The van der Waals surface area contributed by atoms with Crippen LogP contribution >= 0.6 is 22.6 Å². The maximum Gasteiger partial charge on any atom is 0.341 e. The van der Waals surface area contributed by atoms with Crippen LogP contribution in [0.4, 0.5) is 0 Å². The van der Waals surface area contributed by atoms with Crippen LogP contribution in [0.1, 0.15) is 18.1 Å². The molecule has 0 bridgehead atoms. The molecule has 0 spiro atoms. The third kappa shape index (κ3) is 6.70. The second kappa shape index (κ2) is 11.3. The largest absolute Gasteiger partial charge is 0.493 e. The van der Waals surface area contributed by atoms with Gasteiger partial charge < -0.3 is 29.5 Å². The predicted octanol–water partition coefficient (Wildman–Crippen LogP) is 3.29. The van der Waals surface area contributed by atoms with Crippen molar-refractivity contribution < 1.29 is 28.8 Å². The number of hydrogen-bond acceptors (Lipinski definition) is 7. The van der Waals surface area contributed by atoms with Gasteiger partial charge in [-0.3, -0.25) is 0 Å². The number of methoxy groups -OCH3 is 2. The van der Waals surface area contributed by atoms with E-state index >= 15 is 0 Å². The fraction of sp³-hybridized carbons (Fsp3) is 0.300. The average Bonchev–Trinajstić information content (AvgIpc) is 2.70. The van der Waals surface area contributed by atoms with Crippen LogP contribution < -0.4 is 24.4 Å². The van der Waals surface area contributed by atoms with E-state index in [1.807, 2.05) is 31.2 Å². The summed E-state index contributed by atoms with van der Waals surface area (Å²) >= 11 is 2.08. The number of carboxylic acids is 1. The van der Waals surface area contributed by atoms with Gasteiger partial charge in [0, 0.05) is 0 Å². The van der Waals surface area contributed by atoms with Crippen LogP contribution in [0.3, 0.4) is 0 Å². The molecule has 29 heavy (non-hydrogen) atoms. The van der Waals surface area contributed by atoms with Gasteiger partial charge in [-0.05, 0) is 64.9 Å². The lowest BCUT2D eigenvalue weighted by atomic mass is 10.2. The molecule has 0 saturated carbocycles. The van der Waals surface area contributed by atoms with Gasteiger partial charge in [0.1, 0.15) is 0 Å². The van der Waals surface area contributed by atoms with Crippen LogP contribution in [-0.4, -0.2) is 44.7 Å². The Kier molecular flexibility index (Phi) is 8.84. The molecule has 0 atom stereocenters. The number of benzene rings is 2. The predicted molar refractivity (Wildman–Crippen MR) is 117 cm³/mol. The standard InChI is InChI=1S/C20H23IN2O6/c1-4-28-18-9-14(7-15(21)20(18)29-12-19(24)25)11-23-22-10-13-5-6-16(26-2)17(8-13)27-3/h5-9,11,22H,4,10,12H2,1-3H3,(H,24,25)/b23-11-. The minimum Gasteiger partial charge on any atom is -0.493 e. The molecule has 0 aliphatic rings. The molecule has 2 aromatic rings. The summed E-state index contributed by atoms with van der Waals surface area (Å²) in [7, 11) is 3.19. The Morgan fingerprint density at radius 3 is 2.55 bits per heavy atom. The van der Waals surface area contributed by atoms with Crippen LogP contribution in [0.5, 0.6) is 23.0 Å². The van der Waals surface area contributed by atoms with Crippen molar-refractivity contribution in [2.75, 3.05) is 27.4 Å². The van der Waals surface area contributed by atoms with E-state index in [0.717, 1.165) is 14.7 Å². The molecule has 0 unspecified atom stereocenters. The maximum absolute atomic E-state index is 10.8. The molecule has 0 aliphatic carbocycles. The Hall–Kier alpha value is -2.69. The highest BCUT2D eigenvalue weighted by Gasteiger charge is 2.13. The summed E-state index contributed by atoms with van der Waals surface area (Å²) in [5.41, 5.74) is 4.77. The number of nitrogens with one attached hydrogen (secondary N) is 1. The van der Waals surface area contributed by atoms with Gasteiger partial charge in [0.25, 0.3) is 0 Å². The lowest BCUT2D eigenvalue weighted by molar-refractivity contribution is -0.139. The van der Waals surface area contributed by atoms with Gasteiger partial charge in [-0.2, -0.15) is 5.10 Å². The second-order valence-electron chi connectivity index (χ2n) is 5.73. The van der Waals surface area contributed by atoms with E-state index in [1.165, 1.54) is 0 Å². The SMILES string of the molecule is CCOc1cc(/C=N\NCc2ccc(OC)c(OC)c2)cc(I)c1OCC(=O)O. The quantitative estimate of drug-likeness (QED) is 0.270. The van der Waals surface area contributed by atoms with Gasteiger partial charge in [-0.15, -0.1) is 0 Å². The molecule has 0 heterocycles. The molecule has 0 aliphatic heterocycles. The molecule has 2 N–H and O–H groups in total. The Balaban J connectivity index is 2.07. The number of rotatable bonds is 11. The van der Waals surface area contributed by atoms with E-state index in [4.69, 9.17) is 24.1 Å². The maximum atomic E-state index is 10.8. The molecule has 156 valence electrons. The molecule has 2 rings (SSSR count). The third-order valence-electron chi connectivity index (χ3n) is 3.71. The molecule has 0 aromatic heterocycles. The van der Waals surface area contributed by atoms with Crippen molar-refractivity contribution in [3.63, 3.8) is 0 Å². The van der Waals surface area contributed by atoms with Gasteiger partial charge in [-0.25, -0.2) is 4.79 Å². The summed E-state index contributed by atoms with van der Waals surface area (Å²) in [6, 6.07) is 9.24. The molecule has 0 fully saturated rings. The summed E-state index contributed by atoms with van der Waals surface area (Å²) < 4.78 is 22.2. The van der Waals surface area contributed by atoms with Gasteiger partial charge in [0.15, 0.2) is 29.6 Å². The van der Waals surface area contributed by atoms with E-state index in [9.17, 15) is 4.79 Å². The topological polar surface area (TPSA) is 98.6 Å². The number of halogens is 1. The van der Waals surface area contributed by atoms with Crippen molar-refractivity contribution in [1.29, 1.82) is 0 Å². The van der Waals surface area contributed by atoms with E-state index in [2.05, 4.69) is 33.1 Å². The first kappa shape index (κ1) is 22.6. The fourth-order valence-electron chi connectivity index (χ4n) is 2.45. The van der Waals surface area contributed by atoms with Crippen molar-refractivity contribution in [2.45, 2.75) is 13.5 Å². The molecule has 0 amide bonds. The van der Waals surface area contributed by atoms with E-state index < -0.39 is 12.6 Å². The monoisotopic (exact) mass is 514 g/mol. The fourth-order valence-corrected chi connectivity index (χ4v) is 3.23. The number of carboxylic acid groups (broad SMARTS) is 1. The highest BCUT2D eigenvalue weighted by molar-refractivity contribution is 14.1. The zero-order valence-corrected chi connectivity index (χ0v) is 18.6. The minimum absolute atomic E-state index is 0.408. The third-order valence-corrected chi connectivity index (χ3v) is 4.51. The number of hydrazone groups is 1. The summed E-state index contributed by atoms with van der Waals surface area (Å²) in [6.45, 7) is 2.35. The summed E-state index contributed by atoms with van der Waals surface area (Å²) in [6.07, 6.45) is 1.66. The van der Waals surface area contributed by atoms with Crippen LogP contribution in [-0.2, 0) is 11.3 Å². The lowest BCUT2D eigenvalue weighted by Crippen LogP contribution is -2.11. The number of ether oxygens (including phenoxy) is 4. The first-order valence-electron chi connectivity index (χ1n) is 8.76. The van der Waals surface area contributed by atoms with Gasteiger partial charge in [-0.1, -0.05) is 6.07 Å². The minimum atomic E-state index is -1.05. The van der Waals surface area contributed by atoms with Gasteiger partial charge in [0.2, 0.25) is 0 Å². The second-order valence-corrected chi connectivity index (χ2v) is 6.89. The van der Waals surface area contributed by atoms with Gasteiger partial charge in [0.05, 0.1) is 37.2 Å². The molecular formula is C20H23IN2O6. The Labute approximate surface area is 182 Å². The Bertz CT molecular complexity index is 872. The highest BCUT2D eigenvalue weighted by Crippen LogP contribution is 2.34.